The lowest BCUT2D eigenvalue weighted by Gasteiger charge is -2.22. The van der Waals surface area contributed by atoms with Crippen LogP contribution >= 0.6 is 0 Å². The fourth-order valence-corrected chi connectivity index (χ4v) is 6.39. The van der Waals surface area contributed by atoms with E-state index in [4.69, 9.17) is 0 Å². The van der Waals surface area contributed by atoms with Gasteiger partial charge in [-0.3, -0.25) is 4.79 Å². The number of rotatable bonds is 6. The minimum absolute atomic E-state index is 0.0258. The molecule has 4 aromatic carbocycles. The van der Waals surface area contributed by atoms with Gasteiger partial charge in [0.1, 0.15) is 0 Å². The number of benzene rings is 4. The van der Waals surface area contributed by atoms with Gasteiger partial charge in [0.25, 0.3) is 5.91 Å². The van der Waals surface area contributed by atoms with Crippen molar-refractivity contribution in [3.05, 3.63) is 107 Å². The molecular weight excluding hydrogens is 550 g/mol. The molecule has 0 radical (unpaired) electrons. The maximum Gasteiger partial charge on any atom is 0.259 e. The Hall–Kier alpha value is -4.30. The van der Waals surface area contributed by atoms with E-state index in [1.807, 2.05) is 51.1 Å². The zero-order valence-electron chi connectivity index (χ0n) is 24.7. The maximum absolute atomic E-state index is 13.5. The van der Waals surface area contributed by atoms with E-state index >= 15 is 0 Å². The Kier molecular flexibility index (Phi) is 8.16. The average Bonchev–Trinajstić information content (AvgIpc) is 2.93. The number of aromatic hydroxyl groups is 3. The molecule has 0 aliphatic heterocycles. The minimum atomic E-state index is -3.83. The first-order valence-corrected chi connectivity index (χ1v) is 15.1. The van der Waals surface area contributed by atoms with Gasteiger partial charge in [-0.25, -0.2) is 8.42 Å². The Morgan fingerprint density at radius 2 is 1.33 bits per heavy atom. The summed E-state index contributed by atoms with van der Waals surface area (Å²) in [5.41, 5.74) is 2.59. The summed E-state index contributed by atoms with van der Waals surface area (Å²) in [5.74, 6) is -2.78. The molecule has 7 nitrogen and oxygen atoms in total. The van der Waals surface area contributed by atoms with E-state index in [0.29, 0.717) is 5.56 Å². The summed E-state index contributed by atoms with van der Waals surface area (Å²) >= 11 is 0. The number of nitrogens with one attached hydrogen (secondary N) is 1. The number of phenols is 3. The normalized spacial score (nSPS) is 12.2. The van der Waals surface area contributed by atoms with Crippen LogP contribution in [0.15, 0.2) is 88.7 Å². The molecule has 4 rings (SSSR count). The van der Waals surface area contributed by atoms with Crippen LogP contribution < -0.4 is 5.32 Å². The summed E-state index contributed by atoms with van der Waals surface area (Å²) < 4.78 is 26.9. The van der Waals surface area contributed by atoms with Crippen molar-refractivity contribution in [1.82, 2.24) is 0 Å². The average molecular weight is 588 g/mol. The van der Waals surface area contributed by atoms with Crippen LogP contribution in [0.1, 0.15) is 74.2 Å². The number of phenolic OH excluding ortho intramolecular Hbond substituents is 3. The van der Waals surface area contributed by atoms with Crippen LogP contribution in [0.2, 0.25) is 0 Å². The van der Waals surface area contributed by atoms with Crippen molar-refractivity contribution in [3.63, 3.8) is 0 Å². The Bertz CT molecular complexity index is 1730. The number of sulfone groups is 1. The Balaban J connectivity index is 1.58. The summed E-state index contributed by atoms with van der Waals surface area (Å²) in [6.45, 7) is 12.2. The molecule has 1 amide bonds. The highest BCUT2D eigenvalue weighted by Crippen LogP contribution is 2.41. The fraction of sp³-hybridized carbons (Fsp3) is 0.265. The first-order valence-electron chi connectivity index (χ1n) is 13.6. The van der Waals surface area contributed by atoms with Crippen LogP contribution in [0, 0.1) is 0 Å². The van der Waals surface area contributed by atoms with Gasteiger partial charge in [0.15, 0.2) is 11.5 Å². The van der Waals surface area contributed by atoms with E-state index in [1.54, 1.807) is 18.2 Å². The van der Waals surface area contributed by atoms with Gasteiger partial charge >= 0.3 is 0 Å². The van der Waals surface area contributed by atoms with Crippen LogP contribution in [0.25, 0.3) is 0 Å². The molecule has 0 saturated heterocycles. The van der Waals surface area contributed by atoms with Crippen molar-refractivity contribution in [3.8, 4) is 17.2 Å². The summed E-state index contributed by atoms with van der Waals surface area (Å²) in [6.07, 6.45) is 0.215. The van der Waals surface area contributed by atoms with Gasteiger partial charge in [-0.15, -0.1) is 0 Å². The van der Waals surface area contributed by atoms with E-state index in [-0.39, 0.29) is 43.9 Å². The molecule has 0 atom stereocenters. The first kappa shape index (κ1) is 30.7. The number of carbonyl (C=O) groups excluding carboxylic acids is 1. The van der Waals surface area contributed by atoms with Gasteiger partial charge in [0, 0.05) is 17.7 Å². The van der Waals surface area contributed by atoms with Crippen molar-refractivity contribution < 1.29 is 28.5 Å². The van der Waals surface area contributed by atoms with E-state index < -0.39 is 33.0 Å². The lowest BCUT2D eigenvalue weighted by molar-refractivity contribution is 0.102. The number of hydrogen-bond acceptors (Lipinski definition) is 6. The van der Waals surface area contributed by atoms with Gasteiger partial charge < -0.3 is 20.6 Å². The lowest BCUT2D eigenvalue weighted by atomic mass is 9.86. The van der Waals surface area contributed by atoms with Crippen molar-refractivity contribution in [2.24, 2.45) is 0 Å². The molecule has 0 aromatic heterocycles. The second-order valence-corrected chi connectivity index (χ2v) is 14.4. The van der Waals surface area contributed by atoms with E-state index in [2.05, 4.69) is 26.1 Å². The molecule has 0 fully saturated rings. The summed E-state index contributed by atoms with van der Waals surface area (Å²) in [5, 5.41) is 34.0. The molecule has 0 heterocycles. The molecule has 0 unspecified atom stereocenters. The van der Waals surface area contributed by atoms with Gasteiger partial charge in [0.2, 0.25) is 15.6 Å². The quantitative estimate of drug-likeness (QED) is 0.179. The van der Waals surface area contributed by atoms with Gasteiger partial charge in [-0.2, -0.15) is 0 Å². The number of anilines is 1. The van der Waals surface area contributed by atoms with Crippen molar-refractivity contribution in [1.29, 1.82) is 0 Å². The lowest BCUT2D eigenvalue weighted by Crippen LogP contribution is -2.17. The van der Waals surface area contributed by atoms with Gasteiger partial charge in [-0.1, -0.05) is 84.0 Å². The number of amides is 1. The second-order valence-electron chi connectivity index (χ2n) is 12.5. The van der Waals surface area contributed by atoms with Crippen molar-refractivity contribution >= 4 is 21.4 Å². The second kappa shape index (κ2) is 11.2. The van der Waals surface area contributed by atoms with Gasteiger partial charge in [0.05, 0.1) is 15.4 Å². The molecular formula is C34H37NO6S. The largest absolute Gasteiger partial charge is 0.504 e. The minimum Gasteiger partial charge on any atom is -0.504 e. The third-order valence-corrected chi connectivity index (χ3v) is 9.02. The van der Waals surface area contributed by atoms with E-state index in [1.165, 1.54) is 30.3 Å². The zero-order valence-corrected chi connectivity index (χ0v) is 25.5. The molecule has 0 saturated carbocycles. The summed E-state index contributed by atoms with van der Waals surface area (Å²) in [4.78, 5) is 13.4. The topological polar surface area (TPSA) is 124 Å². The molecule has 42 heavy (non-hydrogen) atoms. The number of carbonyl (C=O) groups is 1. The molecule has 8 heteroatoms. The van der Waals surface area contributed by atoms with E-state index in [9.17, 15) is 28.5 Å². The highest BCUT2D eigenvalue weighted by atomic mass is 32.2. The molecule has 4 aromatic rings. The van der Waals surface area contributed by atoms with Crippen LogP contribution in [0.3, 0.4) is 0 Å². The number of hydrogen-bond donors (Lipinski definition) is 4. The third-order valence-electron chi connectivity index (χ3n) is 7.19. The fourth-order valence-electron chi connectivity index (χ4n) is 4.72. The molecule has 0 bridgehead atoms. The van der Waals surface area contributed by atoms with Crippen molar-refractivity contribution in [2.45, 2.75) is 68.6 Å². The van der Waals surface area contributed by atoms with E-state index in [0.717, 1.165) is 11.1 Å². The molecule has 220 valence electrons. The molecule has 4 N–H and O–H groups in total. The summed E-state index contributed by atoms with van der Waals surface area (Å²) in [6, 6.07) is 21.8. The van der Waals surface area contributed by atoms with Crippen molar-refractivity contribution in [2.75, 3.05) is 5.32 Å². The first-order chi connectivity index (χ1) is 19.5. The standard InChI is InChI=1S/C34H37NO6S/c1-33(2,3)23-13-11-21(12-14-23)19-22-20-26(30(37)31(38)29(22)36)32(39)35-24-15-17-25(18-16-24)42(40,41)28-10-8-7-9-27(28)34(4,5)6/h7-18,20,36-38H,19H2,1-6H3,(H,35,39). The van der Waals surface area contributed by atoms with Crippen LogP contribution in [0.4, 0.5) is 5.69 Å². The monoisotopic (exact) mass is 587 g/mol. The predicted molar refractivity (Wildman–Crippen MR) is 164 cm³/mol. The highest BCUT2D eigenvalue weighted by Gasteiger charge is 2.27. The predicted octanol–water partition coefficient (Wildman–Crippen LogP) is 7.07. The Labute approximate surface area is 247 Å². The Morgan fingerprint density at radius 1 is 0.738 bits per heavy atom. The Morgan fingerprint density at radius 3 is 1.90 bits per heavy atom. The SMILES string of the molecule is CC(C)(C)c1ccc(Cc2cc(C(=O)Nc3ccc(S(=O)(=O)c4ccccc4C(C)(C)C)cc3)c(O)c(O)c2O)cc1. The van der Waals surface area contributed by atoms with Gasteiger partial charge in [-0.05, 0) is 63.9 Å². The third kappa shape index (κ3) is 6.29. The smallest absolute Gasteiger partial charge is 0.259 e. The van der Waals surface area contributed by atoms with Crippen LogP contribution in [-0.4, -0.2) is 29.6 Å². The molecule has 0 aliphatic carbocycles. The molecule has 0 spiro atoms. The highest BCUT2D eigenvalue weighted by molar-refractivity contribution is 7.91. The van der Waals surface area contributed by atoms with Crippen LogP contribution in [-0.2, 0) is 27.1 Å². The molecule has 0 aliphatic rings. The maximum atomic E-state index is 13.5. The summed E-state index contributed by atoms with van der Waals surface area (Å²) in [7, 11) is -3.83. The zero-order chi connectivity index (χ0) is 31.0. The van der Waals surface area contributed by atoms with Crippen LogP contribution in [0.5, 0.6) is 17.2 Å².